The first-order valence-corrected chi connectivity index (χ1v) is 10.7. The van der Waals surface area contributed by atoms with Crippen LogP contribution in [0.4, 0.5) is 10.1 Å². The molecule has 11 nitrogen and oxygen atoms in total. The summed E-state index contributed by atoms with van der Waals surface area (Å²) >= 11 is 0. The quantitative estimate of drug-likeness (QED) is 0.369. The fraction of sp³-hybridized carbons (Fsp3) is 0.125. The van der Waals surface area contributed by atoms with Gasteiger partial charge in [0.25, 0.3) is 5.89 Å². The molecule has 0 aliphatic rings. The van der Waals surface area contributed by atoms with Crippen LogP contribution in [0.25, 0.3) is 28.5 Å². The summed E-state index contributed by atoms with van der Waals surface area (Å²) in [7, 11) is 3.00. The van der Waals surface area contributed by atoms with Gasteiger partial charge in [0, 0.05) is 23.5 Å². The van der Waals surface area contributed by atoms with E-state index < -0.39 is 17.4 Å². The van der Waals surface area contributed by atoms with E-state index in [0.717, 1.165) is 4.68 Å². The zero-order valence-corrected chi connectivity index (χ0v) is 19.1. The molecule has 0 aliphatic heterocycles. The largest absolute Gasteiger partial charge is 0.493 e. The highest BCUT2D eigenvalue weighted by atomic mass is 19.1. The Hall–Kier alpha value is -5.00. The zero-order valence-electron chi connectivity index (χ0n) is 19.1. The van der Waals surface area contributed by atoms with E-state index in [1.165, 1.54) is 43.0 Å². The summed E-state index contributed by atoms with van der Waals surface area (Å²) < 4.78 is 31.7. The van der Waals surface area contributed by atoms with Crippen molar-refractivity contribution in [3.8, 4) is 34.3 Å². The topological polar surface area (TPSA) is 126 Å². The Bertz CT molecular complexity index is 1640. The third-order valence-corrected chi connectivity index (χ3v) is 5.31. The highest BCUT2D eigenvalue weighted by molar-refractivity contribution is 5.91. The van der Waals surface area contributed by atoms with Gasteiger partial charge < -0.3 is 19.3 Å². The number of methoxy groups -OCH3 is 2. The number of anilines is 1. The number of halogens is 1. The second-order valence-corrected chi connectivity index (χ2v) is 7.61. The van der Waals surface area contributed by atoms with Crippen molar-refractivity contribution in [3.05, 3.63) is 77.1 Å². The lowest BCUT2D eigenvalue weighted by molar-refractivity contribution is -0.117. The molecule has 0 fully saturated rings. The summed E-state index contributed by atoms with van der Waals surface area (Å²) in [5.41, 5.74) is 0.969. The van der Waals surface area contributed by atoms with Crippen LogP contribution in [-0.2, 0) is 11.3 Å². The molecule has 0 atom stereocenters. The minimum absolute atomic E-state index is 0.0896. The number of ether oxygens (including phenoxy) is 2. The smallest absolute Gasteiger partial charge is 0.350 e. The molecule has 0 bridgehead atoms. The number of benzene rings is 2. The minimum Gasteiger partial charge on any atom is -0.493 e. The Morgan fingerprint density at radius 1 is 1.08 bits per heavy atom. The molecule has 2 aromatic carbocycles. The van der Waals surface area contributed by atoms with Gasteiger partial charge in [0.1, 0.15) is 12.4 Å². The highest BCUT2D eigenvalue weighted by Crippen LogP contribution is 2.30. The van der Waals surface area contributed by atoms with Crippen LogP contribution in [0.5, 0.6) is 11.5 Å². The maximum atomic E-state index is 13.6. The van der Waals surface area contributed by atoms with Gasteiger partial charge in [-0.2, -0.15) is 4.98 Å². The van der Waals surface area contributed by atoms with Crippen LogP contribution >= 0.6 is 0 Å². The number of pyridine rings is 1. The van der Waals surface area contributed by atoms with Crippen LogP contribution in [-0.4, -0.2) is 44.4 Å². The van der Waals surface area contributed by atoms with Crippen LogP contribution < -0.4 is 20.5 Å². The molecule has 5 rings (SSSR count). The van der Waals surface area contributed by atoms with Gasteiger partial charge in [0.2, 0.25) is 11.7 Å². The van der Waals surface area contributed by atoms with Crippen LogP contribution in [0.15, 0.2) is 70.1 Å². The van der Waals surface area contributed by atoms with Crippen molar-refractivity contribution >= 4 is 17.2 Å². The van der Waals surface area contributed by atoms with Gasteiger partial charge in [-0.3, -0.25) is 4.79 Å². The van der Waals surface area contributed by atoms with Crippen molar-refractivity contribution < 1.29 is 23.2 Å². The number of nitrogens with zero attached hydrogens (tertiary/aromatic N) is 5. The van der Waals surface area contributed by atoms with Gasteiger partial charge in [0.15, 0.2) is 17.1 Å². The third-order valence-electron chi connectivity index (χ3n) is 5.31. The third kappa shape index (κ3) is 4.27. The summed E-state index contributed by atoms with van der Waals surface area (Å²) in [5.74, 6) is 0.329. The van der Waals surface area contributed by atoms with E-state index in [2.05, 4.69) is 20.6 Å². The summed E-state index contributed by atoms with van der Waals surface area (Å²) in [4.78, 5) is 29.8. The monoisotopic (exact) mass is 490 g/mol. The van der Waals surface area contributed by atoms with Crippen LogP contribution in [0, 0.1) is 5.82 Å². The van der Waals surface area contributed by atoms with Gasteiger partial charge >= 0.3 is 5.69 Å². The molecule has 5 aromatic rings. The molecule has 0 saturated carbocycles. The molecule has 36 heavy (non-hydrogen) atoms. The molecule has 0 spiro atoms. The summed E-state index contributed by atoms with van der Waals surface area (Å²) in [5, 5.41) is 10.9. The molecular weight excluding hydrogens is 471 g/mol. The Labute approximate surface area is 202 Å². The number of amides is 1. The molecule has 12 heteroatoms. The number of carbonyl (C=O) groups excluding carboxylic acids is 1. The molecule has 182 valence electrons. The number of nitrogens with one attached hydrogen (secondary N) is 1. The first kappa shape index (κ1) is 22.8. The molecule has 0 unspecified atom stereocenters. The van der Waals surface area contributed by atoms with Gasteiger partial charge in [-0.1, -0.05) is 17.3 Å². The fourth-order valence-corrected chi connectivity index (χ4v) is 3.64. The Kier molecular flexibility index (Phi) is 5.90. The predicted molar refractivity (Wildman–Crippen MR) is 126 cm³/mol. The second kappa shape index (κ2) is 9.33. The van der Waals surface area contributed by atoms with E-state index in [9.17, 15) is 14.0 Å². The first-order chi connectivity index (χ1) is 17.5. The fourth-order valence-electron chi connectivity index (χ4n) is 3.64. The van der Waals surface area contributed by atoms with Gasteiger partial charge in [-0.25, -0.2) is 18.3 Å². The summed E-state index contributed by atoms with van der Waals surface area (Å²) in [6.07, 6.45) is 1.51. The summed E-state index contributed by atoms with van der Waals surface area (Å²) in [6.45, 7) is -0.341. The van der Waals surface area contributed by atoms with Crippen molar-refractivity contribution in [3.63, 3.8) is 0 Å². The normalized spacial score (nSPS) is 11.0. The SMILES string of the molecule is COc1ccc(NC(=O)Cn2nc3c(-c4nc(-c5cccc(F)c5)no4)cccn3c2=O)cc1OC. The van der Waals surface area contributed by atoms with Crippen molar-refractivity contribution in [2.75, 3.05) is 19.5 Å². The van der Waals surface area contributed by atoms with E-state index in [1.54, 1.807) is 36.4 Å². The first-order valence-electron chi connectivity index (χ1n) is 10.7. The van der Waals surface area contributed by atoms with Gasteiger partial charge in [0.05, 0.1) is 19.8 Å². The molecular formula is C24H19FN6O5. The molecule has 3 heterocycles. The van der Waals surface area contributed by atoms with Crippen LogP contribution in [0.3, 0.4) is 0 Å². The van der Waals surface area contributed by atoms with Gasteiger partial charge in [-0.05, 0) is 36.4 Å². The molecule has 1 amide bonds. The van der Waals surface area contributed by atoms with E-state index in [-0.39, 0.29) is 23.9 Å². The molecule has 0 aliphatic carbocycles. The Morgan fingerprint density at radius 2 is 1.92 bits per heavy atom. The minimum atomic E-state index is -0.529. The molecule has 1 N–H and O–H groups in total. The van der Waals surface area contributed by atoms with E-state index in [4.69, 9.17) is 14.0 Å². The average molecular weight is 490 g/mol. The number of aromatic nitrogens is 5. The van der Waals surface area contributed by atoms with Crippen molar-refractivity contribution in [2.24, 2.45) is 0 Å². The lowest BCUT2D eigenvalue weighted by Crippen LogP contribution is -2.28. The maximum Gasteiger partial charge on any atom is 0.350 e. The predicted octanol–water partition coefficient (Wildman–Crippen LogP) is 3.01. The molecule has 0 radical (unpaired) electrons. The van der Waals surface area contributed by atoms with E-state index in [0.29, 0.717) is 28.3 Å². The number of rotatable bonds is 7. The van der Waals surface area contributed by atoms with Crippen LogP contribution in [0.1, 0.15) is 0 Å². The lowest BCUT2D eigenvalue weighted by atomic mass is 10.2. The zero-order chi connectivity index (χ0) is 25.2. The molecule has 3 aromatic heterocycles. The molecule has 0 saturated heterocycles. The second-order valence-electron chi connectivity index (χ2n) is 7.61. The van der Waals surface area contributed by atoms with Crippen molar-refractivity contribution in [1.29, 1.82) is 0 Å². The van der Waals surface area contributed by atoms with Crippen LogP contribution in [0.2, 0.25) is 0 Å². The number of hydrogen-bond acceptors (Lipinski definition) is 8. The lowest BCUT2D eigenvalue weighted by Gasteiger charge is -2.10. The van der Waals surface area contributed by atoms with E-state index >= 15 is 0 Å². The number of hydrogen-bond donors (Lipinski definition) is 1. The van der Waals surface area contributed by atoms with E-state index in [1.807, 2.05) is 0 Å². The standard InChI is InChI=1S/C24H19FN6O5/c1-34-18-9-8-16(12-19(18)35-2)26-20(32)13-31-24(33)30-10-4-7-17(22(30)28-31)23-27-21(29-36-23)14-5-3-6-15(25)11-14/h3-12H,13H2,1-2H3,(H,26,32). The average Bonchev–Trinajstić information content (AvgIpc) is 3.49. The Morgan fingerprint density at radius 3 is 2.69 bits per heavy atom. The van der Waals surface area contributed by atoms with Crippen molar-refractivity contribution in [2.45, 2.75) is 6.54 Å². The van der Waals surface area contributed by atoms with Crippen molar-refractivity contribution in [1.82, 2.24) is 24.3 Å². The summed E-state index contributed by atoms with van der Waals surface area (Å²) in [6, 6.07) is 14.0. The number of carbonyl (C=O) groups is 1. The maximum absolute atomic E-state index is 13.6. The van der Waals surface area contributed by atoms with Gasteiger partial charge in [-0.15, -0.1) is 5.10 Å². The number of fused-ring (bicyclic) bond motifs is 1. The Balaban J connectivity index is 1.42. The highest BCUT2D eigenvalue weighted by Gasteiger charge is 2.19.